The van der Waals surface area contributed by atoms with Crippen molar-refractivity contribution in [3.8, 4) is 0 Å². The molecule has 0 radical (unpaired) electrons. The van der Waals surface area contributed by atoms with Crippen molar-refractivity contribution < 1.29 is 34.8 Å². The number of carbonyl (C=O) groups is 3. The van der Waals surface area contributed by atoms with E-state index in [4.69, 9.17) is 26.2 Å². The smallest absolute Gasteiger partial charge is 0.364 e. The van der Waals surface area contributed by atoms with Crippen LogP contribution in [-0.2, 0) is 9.59 Å². The molecule has 0 bridgehead atoms. The molecule has 1 rings (SSSR count). The molecule has 0 unspecified atom stereocenters. The lowest BCUT2D eigenvalue weighted by atomic mass is 10.2. The van der Waals surface area contributed by atoms with E-state index in [9.17, 15) is 14.4 Å². The van der Waals surface area contributed by atoms with Crippen LogP contribution in [0.25, 0.3) is 0 Å². The molecule has 0 aliphatic heterocycles. The van der Waals surface area contributed by atoms with Crippen molar-refractivity contribution in [2.45, 2.75) is 12.2 Å². The number of rotatable bonds is 4. The van der Waals surface area contributed by atoms with Gasteiger partial charge in [-0.2, -0.15) is 0 Å². The molecule has 1 amide bonds. The van der Waals surface area contributed by atoms with Crippen LogP contribution < -0.4 is 5.73 Å². The number of carboxylic acids is 2. The quantitative estimate of drug-likeness (QED) is 0.440. The topological polar surface area (TPSA) is 158 Å². The number of primary amides is 1. The van der Waals surface area contributed by atoms with Gasteiger partial charge in [-0.05, 0) is 12.1 Å². The van der Waals surface area contributed by atoms with Crippen LogP contribution in [0, 0.1) is 0 Å². The van der Waals surface area contributed by atoms with Gasteiger partial charge in [0.25, 0.3) is 5.79 Å². The Balaban J connectivity index is 0.000000342. The molecular weight excluding hydrogens is 258 g/mol. The van der Waals surface area contributed by atoms with Crippen LogP contribution in [0.3, 0.4) is 0 Å². The second kappa shape index (κ2) is 7.09. The van der Waals surface area contributed by atoms with Crippen molar-refractivity contribution in [1.82, 2.24) is 0 Å². The van der Waals surface area contributed by atoms with E-state index in [1.165, 1.54) is 0 Å². The third-order valence-electron chi connectivity index (χ3n) is 1.80. The average molecular weight is 271 g/mol. The summed E-state index contributed by atoms with van der Waals surface area (Å²) >= 11 is 0. The minimum atomic E-state index is -3.16. The minimum Gasteiger partial charge on any atom is -0.481 e. The summed E-state index contributed by atoms with van der Waals surface area (Å²) in [5.74, 6) is -7.11. The molecule has 0 heterocycles. The predicted octanol–water partition coefficient (Wildman–Crippen LogP) is -0.988. The Morgan fingerprint density at radius 2 is 1.53 bits per heavy atom. The van der Waals surface area contributed by atoms with Crippen molar-refractivity contribution >= 4 is 17.8 Å². The molecule has 0 aliphatic rings. The Morgan fingerprint density at radius 1 is 1.05 bits per heavy atom. The van der Waals surface area contributed by atoms with Crippen LogP contribution in [0.2, 0.25) is 0 Å². The number of nitrogens with two attached hydrogens (primary N) is 1. The number of aliphatic hydroxyl groups is 2. The number of hydrogen-bond acceptors (Lipinski definition) is 5. The van der Waals surface area contributed by atoms with Crippen LogP contribution in [0.1, 0.15) is 16.8 Å². The maximum Gasteiger partial charge on any atom is 0.364 e. The Labute approximate surface area is 107 Å². The van der Waals surface area contributed by atoms with E-state index < -0.39 is 24.1 Å². The first-order chi connectivity index (χ1) is 8.66. The second-order valence-electron chi connectivity index (χ2n) is 3.42. The number of carbonyl (C=O) groups excluding carboxylic acids is 1. The monoisotopic (exact) mass is 271 g/mol. The van der Waals surface area contributed by atoms with Gasteiger partial charge in [-0.3, -0.25) is 9.59 Å². The first-order valence-electron chi connectivity index (χ1n) is 4.91. The van der Waals surface area contributed by atoms with Crippen LogP contribution in [0.4, 0.5) is 0 Å². The number of aliphatic carboxylic acids is 2. The van der Waals surface area contributed by atoms with Gasteiger partial charge < -0.3 is 26.2 Å². The molecule has 8 heteroatoms. The maximum atomic E-state index is 10.4. The lowest BCUT2D eigenvalue weighted by Crippen LogP contribution is -2.40. The van der Waals surface area contributed by atoms with Gasteiger partial charge in [-0.25, -0.2) is 4.79 Å². The fourth-order valence-corrected chi connectivity index (χ4v) is 0.889. The molecule has 0 aromatic heterocycles. The lowest BCUT2D eigenvalue weighted by molar-refractivity contribution is -0.208. The zero-order valence-electron chi connectivity index (χ0n) is 9.68. The summed E-state index contributed by atoms with van der Waals surface area (Å²) in [6, 6.07) is 8.76. The van der Waals surface area contributed by atoms with E-state index in [-0.39, 0.29) is 5.91 Å². The van der Waals surface area contributed by atoms with Gasteiger partial charge in [0.15, 0.2) is 0 Å². The molecule has 0 atom stereocenters. The molecule has 0 saturated carbocycles. The van der Waals surface area contributed by atoms with E-state index >= 15 is 0 Å². The zero-order valence-corrected chi connectivity index (χ0v) is 9.68. The largest absolute Gasteiger partial charge is 0.481 e. The van der Waals surface area contributed by atoms with E-state index in [1.54, 1.807) is 24.3 Å². The zero-order chi connectivity index (χ0) is 15.1. The Bertz CT molecular complexity index is 455. The summed E-state index contributed by atoms with van der Waals surface area (Å²) < 4.78 is 0. The van der Waals surface area contributed by atoms with Crippen LogP contribution in [0.5, 0.6) is 0 Å². The normalized spacial score (nSPS) is 10.0. The molecule has 0 saturated heterocycles. The average Bonchev–Trinajstić information content (AvgIpc) is 2.29. The van der Waals surface area contributed by atoms with Gasteiger partial charge in [-0.1, -0.05) is 18.2 Å². The second-order valence-corrected chi connectivity index (χ2v) is 3.42. The summed E-state index contributed by atoms with van der Waals surface area (Å²) in [7, 11) is 0. The minimum absolute atomic E-state index is 0.379. The highest BCUT2D eigenvalue weighted by Gasteiger charge is 2.35. The number of hydrogen-bond donors (Lipinski definition) is 5. The van der Waals surface area contributed by atoms with Crippen LogP contribution >= 0.6 is 0 Å². The summed E-state index contributed by atoms with van der Waals surface area (Å²) in [5, 5.41) is 32.5. The molecule has 19 heavy (non-hydrogen) atoms. The van der Waals surface area contributed by atoms with Gasteiger partial charge in [-0.15, -0.1) is 0 Å². The summed E-state index contributed by atoms with van der Waals surface area (Å²) in [6.07, 6.45) is -1.23. The molecule has 8 nitrogen and oxygen atoms in total. The van der Waals surface area contributed by atoms with Crippen LogP contribution in [-0.4, -0.2) is 44.1 Å². The fraction of sp³-hybridized carbons (Fsp3) is 0.182. The van der Waals surface area contributed by atoms with Crippen molar-refractivity contribution in [2.75, 3.05) is 0 Å². The fourth-order valence-electron chi connectivity index (χ4n) is 0.889. The van der Waals surface area contributed by atoms with Crippen LogP contribution in [0.15, 0.2) is 30.3 Å². The molecule has 0 fully saturated rings. The third kappa shape index (κ3) is 6.76. The third-order valence-corrected chi connectivity index (χ3v) is 1.80. The summed E-state index contributed by atoms with van der Waals surface area (Å²) in [6.45, 7) is 0. The van der Waals surface area contributed by atoms with Crippen molar-refractivity contribution in [1.29, 1.82) is 0 Å². The lowest BCUT2D eigenvalue weighted by Gasteiger charge is -2.12. The first kappa shape index (κ1) is 16.6. The number of benzene rings is 1. The van der Waals surface area contributed by atoms with Gasteiger partial charge in [0.2, 0.25) is 5.91 Å². The number of amides is 1. The maximum absolute atomic E-state index is 10.4. The highest BCUT2D eigenvalue weighted by Crippen LogP contribution is 2.04. The van der Waals surface area contributed by atoms with Gasteiger partial charge in [0.1, 0.15) is 6.42 Å². The Kier molecular flexibility index (Phi) is 6.17. The molecule has 0 aliphatic carbocycles. The Morgan fingerprint density at radius 3 is 1.74 bits per heavy atom. The van der Waals surface area contributed by atoms with E-state index in [0.717, 1.165) is 0 Å². The van der Waals surface area contributed by atoms with E-state index in [2.05, 4.69) is 0 Å². The van der Waals surface area contributed by atoms with Gasteiger partial charge in [0.05, 0.1) is 0 Å². The Hall–Kier alpha value is -2.45. The van der Waals surface area contributed by atoms with Crippen molar-refractivity contribution in [3.63, 3.8) is 0 Å². The molecule has 1 aromatic rings. The van der Waals surface area contributed by atoms with E-state index in [1.807, 2.05) is 6.07 Å². The SMILES string of the molecule is NC(=O)c1ccccc1.O=C(O)CC(O)(O)C(=O)O. The molecule has 0 spiro atoms. The molecule has 1 aromatic carbocycles. The van der Waals surface area contributed by atoms with Gasteiger partial charge >= 0.3 is 11.9 Å². The predicted molar refractivity (Wildman–Crippen MR) is 62.0 cm³/mol. The van der Waals surface area contributed by atoms with E-state index in [0.29, 0.717) is 5.56 Å². The number of carboxylic acid groups (broad SMARTS) is 2. The molecular formula is C11H13NO7. The van der Waals surface area contributed by atoms with Crippen molar-refractivity contribution in [3.05, 3.63) is 35.9 Å². The summed E-state index contributed by atoms with van der Waals surface area (Å²) in [4.78, 5) is 30.0. The van der Waals surface area contributed by atoms with Crippen molar-refractivity contribution in [2.24, 2.45) is 5.73 Å². The first-order valence-corrected chi connectivity index (χ1v) is 4.91. The standard InChI is InChI=1S/C7H7NO.C4H6O6/c8-7(9)6-4-2-1-3-5-6;5-2(6)1-4(9,10)3(7)8/h1-5H,(H2,8,9);9-10H,1H2,(H,5,6)(H,7,8). The molecule has 104 valence electrons. The highest BCUT2D eigenvalue weighted by molar-refractivity contribution is 5.92. The highest BCUT2D eigenvalue weighted by atomic mass is 16.5. The van der Waals surface area contributed by atoms with Gasteiger partial charge in [0, 0.05) is 5.56 Å². The molecule has 6 N–H and O–H groups in total. The summed E-state index contributed by atoms with van der Waals surface area (Å²) in [5.41, 5.74) is 5.53.